The lowest BCUT2D eigenvalue weighted by Gasteiger charge is -2.20. The second kappa shape index (κ2) is 10.2. The summed E-state index contributed by atoms with van der Waals surface area (Å²) in [4.78, 5) is 12.6. The van der Waals surface area contributed by atoms with Crippen LogP contribution in [0.2, 0.25) is 0 Å². The Bertz CT molecular complexity index is 1500. The van der Waals surface area contributed by atoms with E-state index in [0.717, 1.165) is 34.6 Å². The first-order valence-electron chi connectivity index (χ1n) is 11.1. The Labute approximate surface area is 216 Å². The number of benzene rings is 3. The minimum absolute atomic E-state index is 0.0242. The Kier molecular flexibility index (Phi) is 7.33. The molecule has 37 heavy (non-hydrogen) atoms. The van der Waals surface area contributed by atoms with E-state index < -0.39 is 25.2 Å². The predicted molar refractivity (Wildman–Crippen MR) is 141 cm³/mol. The van der Waals surface area contributed by atoms with Crippen LogP contribution in [-0.4, -0.2) is 18.2 Å². The first-order valence-corrected chi connectivity index (χ1v) is 13.5. The van der Waals surface area contributed by atoms with Crippen LogP contribution in [0.1, 0.15) is 26.4 Å². The molecule has 0 fully saturated rings. The van der Waals surface area contributed by atoms with Crippen LogP contribution in [0, 0.1) is 13.8 Å². The average molecular weight is 546 g/mol. The largest absolute Gasteiger partial charge is 0.477 e. The number of carboxylic acids is 1. The lowest BCUT2D eigenvalue weighted by atomic mass is 10.0. The highest BCUT2D eigenvalue weighted by Gasteiger charge is 2.31. The lowest BCUT2D eigenvalue weighted by molar-refractivity contribution is -0.137. The fourth-order valence-electron chi connectivity index (χ4n) is 3.95. The van der Waals surface area contributed by atoms with E-state index in [1.165, 1.54) is 19.2 Å². The van der Waals surface area contributed by atoms with Gasteiger partial charge < -0.3 is 14.7 Å². The molecule has 0 saturated carbocycles. The molecule has 1 heterocycles. The molecule has 0 amide bonds. The van der Waals surface area contributed by atoms with Crippen LogP contribution in [0.3, 0.4) is 0 Å². The van der Waals surface area contributed by atoms with Crippen molar-refractivity contribution in [2.45, 2.75) is 20.0 Å². The summed E-state index contributed by atoms with van der Waals surface area (Å²) in [6.07, 6.45) is -4.40. The number of alkyl halides is 3. The molecule has 0 spiro atoms. The van der Waals surface area contributed by atoms with Crippen LogP contribution >= 0.6 is 18.9 Å². The number of nitrogens with one attached hydrogen (secondary N) is 1. The molecule has 1 unspecified atom stereocenters. The van der Waals surface area contributed by atoms with E-state index >= 15 is 0 Å². The zero-order valence-electron chi connectivity index (χ0n) is 20.1. The van der Waals surface area contributed by atoms with Crippen molar-refractivity contribution in [3.8, 4) is 21.6 Å². The molecule has 0 aliphatic rings. The van der Waals surface area contributed by atoms with Gasteiger partial charge >= 0.3 is 19.7 Å². The van der Waals surface area contributed by atoms with Gasteiger partial charge in [-0.15, -0.1) is 11.3 Å². The lowest BCUT2D eigenvalue weighted by Crippen LogP contribution is -2.17. The van der Waals surface area contributed by atoms with Crippen LogP contribution < -0.4 is 10.4 Å². The van der Waals surface area contributed by atoms with Gasteiger partial charge in [-0.2, -0.15) is 13.2 Å². The molecule has 2 N–H and O–H groups in total. The topological polar surface area (TPSA) is 75.6 Å². The monoisotopic (exact) mass is 545 g/mol. The van der Waals surface area contributed by atoms with Crippen molar-refractivity contribution in [3.63, 3.8) is 0 Å². The molecule has 0 aliphatic heterocycles. The third-order valence-electron chi connectivity index (χ3n) is 5.84. The van der Waals surface area contributed by atoms with Gasteiger partial charge in [0.25, 0.3) is 0 Å². The summed E-state index contributed by atoms with van der Waals surface area (Å²) in [6.45, 7) is 3.73. The zero-order valence-corrected chi connectivity index (χ0v) is 21.8. The molecule has 0 saturated heterocycles. The number of halogens is 3. The quantitative estimate of drug-likeness (QED) is 0.230. The number of thiophene rings is 1. The van der Waals surface area contributed by atoms with Gasteiger partial charge in [0.05, 0.1) is 16.6 Å². The van der Waals surface area contributed by atoms with Crippen LogP contribution in [0.4, 0.5) is 18.9 Å². The van der Waals surface area contributed by atoms with Gasteiger partial charge in [-0.05, 0) is 60.4 Å². The SMILES string of the molecule is COP(=O)(Nc1cc(-c2ccc(-c3ccc(C(F)(F)F)cc3)cc2)sc1C(=O)O)c1ccc(C)cc1C. The predicted octanol–water partition coefficient (Wildman–Crippen LogP) is 7.99. The minimum atomic E-state index is -4.40. The number of carboxylic acid groups (broad SMARTS) is 1. The first-order chi connectivity index (χ1) is 17.4. The average Bonchev–Trinajstić information content (AvgIpc) is 3.27. The number of hydrogen-bond acceptors (Lipinski definition) is 4. The van der Waals surface area contributed by atoms with Gasteiger partial charge in [-0.1, -0.05) is 54.1 Å². The highest BCUT2D eigenvalue weighted by molar-refractivity contribution is 7.68. The molecule has 4 aromatic rings. The summed E-state index contributed by atoms with van der Waals surface area (Å²) in [6, 6.07) is 18.9. The van der Waals surface area contributed by atoms with Crippen LogP contribution in [0.15, 0.2) is 72.8 Å². The molecule has 1 aromatic heterocycles. The summed E-state index contributed by atoms with van der Waals surface area (Å²) in [7, 11) is -2.32. The van der Waals surface area contributed by atoms with E-state index in [-0.39, 0.29) is 10.6 Å². The van der Waals surface area contributed by atoms with E-state index in [9.17, 15) is 27.6 Å². The number of aryl methyl sites for hydroxylation is 2. The first kappa shape index (κ1) is 26.7. The number of aromatic carboxylic acids is 1. The number of carbonyl (C=O) groups is 1. The zero-order chi connectivity index (χ0) is 27.0. The van der Waals surface area contributed by atoms with Crippen molar-refractivity contribution in [3.05, 3.63) is 94.4 Å². The Morgan fingerprint density at radius 3 is 2.00 bits per heavy atom. The van der Waals surface area contributed by atoms with Crippen molar-refractivity contribution >= 4 is 35.8 Å². The molecule has 192 valence electrons. The molecule has 5 nitrogen and oxygen atoms in total. The van der Waals surface area contributed by atoms with E-state index in [1.54, 1.807) is 36.4 Å². The number of rotatable bonds is 7. The van der Waals surface area contributed by atoms with Gasteiger partial charge in [0.1, 0.15) is 4.88 Å². The standard InChI is InChI=1S/C27H23F3NO4PS/c1-16-4-13-23(17(2)14-16)36(34,35-3)31-22-15-24(37-25(22)26(32)33)20-7-5-18(6-8-20)19-9-11-21(12-10-19)27(28,29)30/h4-15H,1-3H3,(H,31,34)(H,32,33). The molecule has 0 radical (unpaired) electrons. The minimum Gasteiger partial charge on any atom is -0.477 e. The summed E-state index contributed by atoms with van der Waals surface area (Å²) < 4.78 is 57.6. The Morgan fingerprint density at radius 2 is 1.49 bits per heavy atom. The second-order valence-corrected chi connectivity index (χ2v) is 11.7. The second-order valence-electron chi connectivity index (χ2n) is 8.45. The fourth-order valence-corrected chi connectivity index (χ4v) is 6.69. The molecule has 0 bridgehead atoms. The van der Waals surface area contributed by atoms with E-state index in [2.05, 4.69) is 5.09 Å². The third kappa shape index (κ3) is 5.64. The maximum Gasteiger partial charge on any atom is 0.416 e. The molecule has 3 aromatic carbocycles. The Morgan fingerprint density at radius 1 is 0.919 bits per heavy atom. The Hall–Kier alpha value is -3.39. The molecular formula is C27H23F3NO4PS. The summed E-state index contributed by atoms with van der Waals surface area (Å²) in [5.41, 5.74) is 3.23. The Balaban J connectivity index is 1.65. The van der Waals surface area contributed by atoms with Crippen LogP contribution in [0.5, 0.6) is 0 Å². The van der Waals surface area contributed by atoms with Gasteiger partial charge in [0, 0.05) is 12.0 Å². The van der Waals surface area contributed by atoms with Gasteiger partial charge in [-0.3, -0.25) is 4.57 Å². The highest BCUT2D eigenvalue weighted by Crippen LogP contribution is 2.49. The molecular weight excluding hydrogens is 522 g/mol. The van der Waals surface area contributed by atoms with Crippen LogP contribution in [0.25, 0.3) is 21.6 Å². The van der Waals surface area contributed by atoms with Crippen molar-refractivity contribution in [1.29, 1.82) is 0 Å². The molecule has 0 aliphatic carbocycles. The summed E-state index contributed by atoms with van der Waals surface area (Å²) >= 11 is 1.02. The van der Waals surface area contributed by atoms with E-state index in [4.69, 9.17) is 4.52 Å². The van der Waals surface area contributed by atoms with Crippen molar-refractivity contribution in [2.75, 3.05) is 12.2 Å². The molecule has 4 rings (SSSR count). The van der Waals surface area contributed by atoms with E-state index in [1.807, 2.05) is 26.0 Å². The summed E-state index contributed by atoms with van der Waals surface area (Å²) in [5.74, 6) is -1.18. The van der Waals surface area contributed by atoms with Crippen molar-refractivity contribution in [1.82, 2.24) is 0 Å². The van der Waals surface area contributed by atoms with Gasteiger partial charge in [-0.25, -0.2) is 4.79 Å². The van der Waals surface area contributed by atoms with Crippen molar-refractivity contribution in [2.24, 2.45) is 0 Å². The summed E-state index contributed by atoms with van der Waals surface area (Å²) in [5, 5.41) is 13.1. The maximum absolute atomic E-state index is 13.7. The normalized spacial score (nSPS) is 13.2. The van der Waals surface area contributed by atoms with Crippen molar-refractivity contribution < 1.29 is 32.2 Å². The van der Waals surface area contributed by atoms with E-state index in [0.29, 0.717) is 26.9 Å². The third-order valence-corrected chi connectivity index (χ3v) is 9.19. The fraction of sp³-hybridized carbons (Fsp3) is 0.148. The molecule has 1 atom stereocenters. The van der Waals surface area contributed by atoms with Gasteiger partial charge in [0.15, 0.2) is 0 Å². The smallest absolute Gasteiger partial charge is 0.416 e. The number of hydrogen-bond donors (Lipinski definition) is 2. The highest BCUT2D eigenvalue weighted by atomic mass is 32.1. The van der Waals surface area contributed by atoms with Crippen LogP contribution in [-0.2, 0) is 15.3 Å². The molecule has 10 heteroatoms. The maximum atomic E-state index is 13.7. The number of anilines is 1. The van der Waals surface area contributed by atoms with Gasteiger partial charge in [0.2, 0.25) is 0 Å².